The van der Waals surface area contributed by atoms with Crippen molar-refractivity contribution in [3.63, 3.8) is 0 Å². The van der Waals surface area contributed by atoms with Gasteiger partial charge in [-0.25, -0.2) is 4.39 Å². The molecule has 19 heavy (non-hydrogen) atoms. The van der Waals surface area contributed by atoms with Crippen molar-refractivity contribution in [2.75, 3.05) is 5.32 Å². The maximum atomic E-state index is 12.9. The van der Waals surface area contributed by atoms with Crippen LogP contribution in [0.3, 0.4) is 0 Å². The van der Waals surface area contributed by atoms with Crippen LogP contribution in [0.15, 0.2) is 42.5 Å². The van der Waals surface area contributed by atoms with Gasteiger partial charge >= 0.3 is 0 Å². The van der Waals surface area contributed by atoms with Crippen LogP contribution in [0.1, 0.15) is 21.5 Å². The van der Waals surface area contributed by atoms with E-state index in [0.29, 0.717) is 6.42 Å². The Morgan fingerprint density at radius 2 is 1.79 bits per heavy atom. The van der Waals surface area contributed by atoms with Gasteiger partial charge in [-0.1, -0.05) is 40.2 Å². The lowest BCUT2D eigenvalue weighted by Gasteiger charge is -2.12. The fourth-order valence-corrected chi connectivity index (χ4v) is 2.82. The Hall–Kier alpha value is -1.68. The highest BCUT2D eigenvalue weighted by atomic mass is 79.9. The van der Waals surface area contributed by atoms with Crippen molar-refractivity contribution in [3.8, 4) is 0 Å². The fraction of sp³-hybridized carbons (Fsp3) is 0.133. The molecule has 1 aliphatic heterocycles. The molecule has 2 aromatic carbocycles. The van der Waals surface area contributed by atoms with E-state index in [2.05, 4.69) is 21.2 Å². The maximum absolute atomic E-state index is 12.9. The van der Waals surface area contributed by atoms with Crippen LogP contribution in [0, 0.1) is 5.82 Å². The highest BCUT2D eigenvalue weighted by Gasteiger charge is 2.19. The Kier molecular flexibility index (Phi) is 3.11. The lowest BCUT2D eigenvalue weighted by molar-refractivity contribution is -0.115. The third kappa shape index (κ3) is 2.40. The molecule has 0 saturated carbocycles. The zero-order valence-corrected chi connectivity index (χ0v) is 11.6. The number of alkyl halides is 1. The first-order valence-electron chi connectivity index (χ1n) is 5.96. The summed E-state index contributed by atoms with van der Waals surface area (Å²) in [5.74, 6) is -0.216. The molecule has 0 fully saturated rings. The van der Waals surface area contributed by atoms with Crippen molar-refractivity contribution in [2.24, 2.45) is 0 Å². The van der Waals surface area contributed by atoms with Crippen molar-refractivity contribution >= 4 is 27.5 Å². The van der Waals surface area contributed by atoms with Crippen LogP contribution in [0.5, 0.6) is 0 Å². The molecule has 1 amide bonds. The number of anilines is 1. The molecule has 0 aliphatic carbocycles. The van der Waals surface area contributed by atoms with Crippen molar-refractivity contribution in [3.05, 3.63) is 65.0 Å². The Labute approximate surface area is 118 Å². The summed E-state index contributed by atoms with van der Waals surface area (Å²) in [6, 6.07) is 12.3. The molecular weight excluding hydrogens is 309 g/mol. The summed E-state index contributed by atoms with van der Waals surface area (Å²) in [7, 11) is 0. The summed E-state index contributed by atoms with van der Waals surface area (Å²) in [6.07, 6.45) is 0.423. The van der Waals surface area contributed by atoms with Crippen molar-refractivity contribution in [1.82, 2.24) is 0 Å². The van der Waals surface area contributed by atoms with E-state index in [1.165, 1.54) is 12.1 Å². The van der Waals surface area contributed by atoms with Gasteiger partial charge in [-0.05, 0) is 34.9 Å². The number of carbonyl (C=O) groups excluding carboxylic acids is 1. The molecule has 0 spiro atoms. The Bertz CT molecular complexity index is 639. The van der Waals surface area contributed by atoms with Gasteiger partial charge in [0.1, 0.15) is 5.82 Å². The van der Waals surface area contributed by atoms with Crippen LogP contribution in [0.2, 0.25) is 0 Å². The van der Waals surface area contributed by atoms with Crippen LogP contribution in [-0.4, -0.2) is 5.91 Å². The SMILES string of the molecule is O=C1Cc2cc(C(Br)c3ccc(F)cc3)ccc2N1. The predicted octanol–water partition coefficient (Wildman–Crippen LogP) is 3.80. The molecule has 96 valence electrons. The minimum atomic E-state index is -0.243. The molecule has 0 aromatic heterocycles. The molecule has 1 unspecified atom stereocenters. The van der Waals surface area contributed by atoms with Crippen molar-refractivity contribution in [1.29, 1.82) is 0 Å². The average molecular weight is 320 g/mol. The lowest BCUT2D eigenvalue weighted by Crippen LogP contribution is -2.03. The summed E-state index contributed by atoms with van der Waals surface area (Å²) in [4.78, 5) is 11.3. The first kappa shape index (κ1) is 12.4. The zero-order chi connectivity index (χ0) is 13.4. The summed E-state index contributed by atoms with van der Waals surface area (Å²) in [5, 5.41) is 2.81. The monoisotopic (exact) mass is 319 g/mol. The van der Waals surface area contributed by atoms with Gasteiger partial charge in [0.05, 0.1) is 11.2 Å². The predicted molar refractivity (Wildman–Crippen MR) is 75.9 cm³/mol. The fourth-order valence-electron chi connectivity index (χ4n) is 2.23. The summed E-state index contributed by atoms with van der Waals surface area (Å²) in [6.45, 7) is 0. The van der Waals surface area contributed by atoms with Crippen molar-refractivity contribution < 1.29 is 9.18 Å². The first-order valence-corrected chi connectivity index (χ1v) is 6.87. The molecule has 3 rings (SSSR count). The maximum Gasteiger partial charge on any atom is 0.228 e. The number of hydrogen-bond donors (Lipinski definition) is 1. The molecule has 1 atom stereocenters. The molecule has 2 nitrogen and oxygen atoms in total. The van der Waals surface area contributed by atoms with Crippen LogP contribution in [0.4, 0.5) is 10.1 Å². The van der Waals surface area contributed by atoms with Crippen LogP contribution < -0.4 is 5.32 Å². The van der Waals surface area contributed by atoms with Gasteiger partial charge in [0.2, 0.25) is 5.91 Å². The molecule has 2 aromatic rings. The second kappa shape index (κ2) is 4.78. The molecular formula is C15H11BrFNO. The standard InChI is InChI=1S/C15H11BrFNO/c16-15(9-1-4-12(17)5-2-9)10-3-6-13-11(7-10)8-14(19)18-13/h1-7,15H,8H2,(H,18,19). The summed E-state index contributed by atoms with van der Waals surface area (Å²) < 4.78 is 12.9. The Morgan fingerprint density at radius 1 is 1.11 bits per heavy atom. The number of halogens is 2. The summed E-state index contributed by atoms with van der Waals surface area (Å²) in [5.41, 5.74) is 3.93. The van der Waals surface area contributed by atoms with Gasteiger partial charge in [-0.2, -0.15) is 0 Å². The van der Waals surface area contributed by atoms with Gasteiger partial charge in [0, 0.05) is 5.69 Å². The normalized spacial score (nSPS) is 14.9. The second-order valence-corrected chi connectivity index (χ2v) is 5.47. The van der Waals surface area contributed by atoms with Crippen LogP contribution >= 0.6 is 15.9 Å². The highest BCUT2D eigenvalue weighted by Crippen LogP contribution is 2.34. The summed E-state index contributed by atoms with van der Waals surface area (Å²) >= 11 is 3.61. The first-order chi connectivity index (χ1) is 9.13. The number of benzene rings is 2. The van der Waals surface area contributed by atoms with Crippen LogP contribution in [0.25, 0.3) is 0 Å². The largest absolute Gasteiger partial charge is 0.326 e. The Morgan fingerprint density at radius 3 is 2.53 bits per heavy atom. The smallest absolute Gasteiger partial charge is 0.228 e. The number of amides is 1. The molecule has 1 N–H and O–H groups in total. The minimum Gasteiger partial charge on any atom is -0.326 e. The number of carbonyl (C=O) groups is 1. The Balaban J connectivity index is 1.92. The van der Waals surface area contributed by atoms with E-state index in [1.54, 1.807) is 12.1 Å². The molecule has 0 radical (unpaired) electrons. The molecule has 0 bridgehead atoms. The molecule has 1 aliphatic rings. The third-order valence-electron chi connectivity index (χ3n) is 3.21. The third-order valence-corrected chi connectivity index (χ3v) is 4.27. The van der Waals surface area contributed by atoms with Gasteiger partial charge in [0.25, 0.3) is 0 Å². The van der Waals surface area contributed by atoms with Crippen molar-refractivity contribution in [2.45, 2.75) is 11.2 Å². The van der Waals surface area contributed by atoms with Gasteiger partial charge < -0.3 is 5.32 Å². The minimum absolute atomic E-state index is 0.00546. The van der Waals surface area contributed by atoms with E-state index < -0.39 is 0 Å². The molecule has 0 saturated heterocycles. The molecule has 4 heteroatoms. The lowest BCUT2D eigenvalue weighted by atomic mass is 10.0. The average Bonchev–Trinajstić information content (AvgIpc) is 2.77. The van der Waals surface area contributed by atoms with E-state index in [9.17, 15) is 9.18 Å². The van der Waals surface area contributed by atoms with E-state index >= 15 is 0 Å². The zero-order valence-electron chi connectivity index (χ0n) is 9.99. The van der Waals surface area contributed by atoms with E-state index in [0.717, 1.165) is 22.4 Å². The molecule has 1 heterocycles. The quantitative estimate of drug-likeness (QED) is 0.838. The topological polar surface area (TPSA) is 29.1 Å². The van der Waals surface area contributed by atoms with Crippen LogP contribution in [-0.2, 0) is 11.2 Å². The number of rotatable bonds is 2. The number of nitrogens with one attached hydrogen (secondary N) is 1. The van der Waals surface area contributed by atoms with Gasteiger partial charge in [0.15, 0.2) is 0 Å². The van der Waals surface area contributed by atoms with E-state index in [-0.39, 0.29) is 16.6 Å². The van der Waals surface area contributed by atoms with Gasteiger partial charge in [-0.15, -0.1) is 0 Å². The number of hydrogen-bond acceptors (Lipinski definition) is 1. The van der Waals surface area contributed by atoms with E-state index in [1.807, 2.05) is 18.2 Å². The highest BCUT2D eigenvalue weighted by molar-refractivity contribution is 9.09. The van der Waals surface area contributed by atoms with E-state index in [4.69, 9.17) is 0 Å². The van der Waals surface area contributed by atoms with Gasteiger partial charge in [-0.3, -0.25) is 4.79 Å². The number of fused-ring (bicyclic) bond motifs is 1. The second-order valence-electron chi connectivity index (χ2n) is 4.56.